The largest absolute Gasteiger partial charge is 0.348 e. The summed E-state index contributed by atoms with van der Waals surface area (Å²) in [6.45, 7) is 5.81. The first-order valence-corrected chi connectivity index (χ1v) is 4.74. The molecule has 0 aliphatic rings. The lowest BCUT2D eigenvalue weighted by molar-refractivity contribution is 0.0933. The lowest BCUT2D eigenvalue weighted by Crippen LogP contribution is -2.32. The zero-order chi connectivity index (χ0) is 10.6. The van der Waals surface area contributed by atoms with Crippen molar-refractivity contribution < 1.29 is 4.79 Å². The third-order valence-corrected chi connectivity index (χ3v) is 2.02. The number of aromatic nitrogens is 2. The first kappa shape index (κ1) is 10.6. The summed E-state index contributed by atoms with van der Waals surface area (Å²) in [7, 11) is 0. The first-order chi connectivity index (χ1) is 6.63. The van der Waals surface area contributed by atoms with Crippen LogP contribution in [0.15, 0.2) is 12.1 Å². The predicted octanol–water partition coefficient (Wildman–Crippen LogP) is 1.31. The minimum atomic E-state index is -0.160. The van der Waals surface area contributed by atoms with Crippen LogP contribution in [0.4, 0.5) is 0 Å². The molecule has 0 saturated carbocycles. The van der Waals surface area contributed by atoms with E-state index in [2.05, 4.69) is 15.5 Å². The van der Waals surface area contributed by atoms with E-state index >= 15 is 0 Å². The van der Waals surface area contributed by atoms with Crippen molar-refractivity contribution in [2.75, 3.05) is 0 Å². The van der Waals surface area contributed by atoms with Crippen LogP contribution in [0.5, 0.6) is 0 Å². The average Bonchev–Trinajstić information content (AvgIpc) is 2.18. The standard InChI is InChI=1S/C10H15N3O/c1-4-7(2)11-10(14)9-6-5-8(3)12-13-9/h5-7H,4H2,1-3H3,(H,11,14). The van der Waals surface area contributed by atoms with Crippen LogP contribution < -0.4 is 5.32 Å². The molecular formula is C10H15N3O. The Morgan fingerprint density at radius 2 is 2.21 bits per heavy atom. The Balaban J connectivity index is 2.65. The molecule has 0 radical (unpaired) electrons. The van der Waals surface area contributed by atoms with Gasteiger partial charge in [0.15, 0.2) is 5.69 Å². The molecule has 0 fully saturated rings. The number of rotatable bonds is 3. The van der Waals surface area contributed by atoms with Gasteiger partial charge in [-0.25, -0.2) is 0 Å². The quantitative estimate of drug-likeness (QED) is 0.787. The minimum Gasteiger partial charge on any atom is -0.348 e. The van der Waals surface area contributed by atoms with Crippen LogP contribution in [-0.2, 0) is 0 Å². The molecule has 1 aromatic rings. The van der Waals surface area contributed by atoms with Crippen molar-refractivity contribution in [1.82, 2.24) is 15.5 Å². The maximum atomic E-state index is 11.5. The summed E-state index contributed by atoms with van der Waals surface area (Å²) in [5, 5.41) is 10.4. The number of nitrogens with zero attached hydrogens (tertiary/aromatic N) is 2. The van der Waals surface area contributed by atoms with Crippen LogP contribution in [0, 0.1) is 6.92 Å². The Bertz CT molecular complexity index is 308. The summed E-state index contributed by atoms with van der Waals surface area (Å²) in [4.78, 5) is 11.5. The van der Waals surface area contributed by atoms with Crippen molar-refractivity contribution in [3.8, 4) is 0 Å². The summed E-state index contributed by atoms with van der Waals surface area (Å²) in [5.74, 6) is -0.160. The van der Waals surface area contributed by atoms with Crippen molar-refractivity contribution in [2.45, 2.75) is 33.2 Å². The number of nitrogens with one attached hydrogen (secondary N) is 1. The summed E-state index contributed by atoms with van der Waals surface area (Å²) in [6.07, 6.45) is 0.908. The number of carbonyl (C=O) groups excluding carboxylic acids is 1. The molecule has 1 heterocycles. The van der Waals surface area contributed by atoms with E-state index in [1.807, 2.05) is 20.8 Å². The first-order valence-electron chi connectivity index (χ1n) is 4.74. The van der Waals surface area contributed by atoms with Crippen molar-refractivity contribution >= 4 is 5.91 Å². The van der Waals surface area contributed by atoms with Crippen molar-refractivity contribution in [1.29, 1.82) is 0 Å². The maximum absolute atomic E-state index is 11.5. The topological polar surface area (TPSA) is 54.9 Å². The minimum absolute atomic E-state index is 0.160. The fourth-order valence-electron chi connectivity index (χ4n) is 0.920. The van der Waals surface area contributed by atoms with Crippen molar-refractivity contribution in [3.63, 3.8) is 0 Å². The normalized spacial score (nSPS) is 12.2. The molecule has 1 unspecified atom stereocenters. The number of amides is 1. The van der Waals surface area contributed by atoms with Gasteiger partial charge in [-0.15, -0.1) is 5.10 Å². The molecule has 0 aliphatic carbocycles. The second-order valence-electron chi connectivity index (χ2n) is 3.34. The Hall–Kier alpha value is -1.45. The van der Waals surface area contributed by atoms with Gasteiger partial charge in [0.25, 0.3) is 5.91 Å². The van der Waals surface area contributed by atoms with E-state index in [9.17, 15) is 4.79 Å². The van der Waals surface area contributed by atoms with Gasteiger partial charge in [0.05, 0.1) is 5.69 Å². The van der Waals surface area contributed by atoms with E-state index in [-0.39, 0.29) is 11.9 Å². The van der Waals surface area contributed by atoms with Crippen LogP contribution in [0.25, 0.3) is 0 Å². The van der Waals surface area contributed by atoms with Crippen LogP contribution in [-0.4, -0.2) is 22.1 Å². The molecule has 0 bridgehead atoms. The Kier molecular flexibility index (Phi) is 3.56. The smallest absolute Gasteiger partial charge is 0.272 e. The van der Waals surface area contributed by atoms with E-state index in [0.717, 1.165) is 12.1 Å². The number of hydrogen-bond acceptors (Lipinski definition) is 3. The highest BCUT2D eigenvalue weighted by molar-refractivity contribution is 5.92. The number of carbonyl (C=O) groups is 1. The zero-order valence-electron chi connectivity index (χ0n) is 8.74. The van der Waals surface area contributed by atoms with Crippen LogP contribution >= 0.6 is 0 Å². The third-order valence-electron chi connectivity index (χ3n) is 2.02. The molecule has 0 aromatic carbocycles. The molecule has 1 aromatic heterocycles. The van der Waals surface area contributed by atoms with Gasteiger partial charge >= 0.3 is 0 Å². The molecule has 0 aliphatic heterocycles. The zero-order valence-corrected chi connectivity index (χ0v) is 8.74. The predicted molar refractivity (Wildman–Crippen MR) is 54.0 cm³/mol. The van der Waals surface area contributed by atoms with Gasteiger partial charge in [-0.2, -0.15) is 5.10 Å². The van der Waals surface area contributed by atoms with Gasteiger partial charge in [0, 0.05) is 6.04 Å². The molecule has 76 valence electrons. The molecule has 1 amide bonds. The van der Waals surface area contributed by atoms with Crippen LogP contribution in [0.1, 0.15) is 36.5 Å². The van der Waals surface area contributed by atoms with Gasteiger partial charge < -0.3 is 5.32 Å². The molecular weight excluding hydrogens is 178 g/mol. The molecule has 4 nitrogen and oxygen atoms in total. The Labute approximate surface area is 83.7 Å². The van der Waals surface area contributed by atoms with Gasteiger partial charge in [-0.3, -0.25) is 4.79 Å². The summed E-state index contributed by atoms with van der Waals surface area (Å²) >= 11 is 0. The molecule has 0 saturated heterocycles. The van der Waals surface area contributed by atoms with E-state index in [4.69, 9.17) is 0 Å². The van der Waals surface area contributed by atoms with E-state index < -0.39 is 0 Å². The van der Waals surface area contributed by atoms with Gasteiger partial charge in [0.2, 0.25) is 0 Å². The number of hydrogen-bond donors (Lipinski definition) is 1. The van der Waals surface area contributed by atoms with E-state index in [0.29, 0.717) is 5.69 Å². The second-order valence-corrected chi connectivity index (χ2v) is 3.34. The third kappa shape index (κ3) is 2.80. The van der Waals surface area contributed by atoms with Crippen LogP contribution in [0.2, 0.25) is 0 Å². The summed E-state index contributed by atoms with van der Waals surface area (Å²) < 4.78 is 0. The fraction of sp³-hybridized carbons (Fsp3) is 0.500. The van der Waals surface area contributed by atoms with Crippen molar-refractivity contribution in [3.05, 3.63) is 23.5 Å². The maximum Gasteiger partial charge on any atom is 0.272 e. The van der Waals surface area contributed by atoms with Crippen molar-refractivity contribution in [2.24, 2.45) is 0 Å². The Morgan fingerprint density at radius 3 is 2.71 bits per heavy atom. The molecule has 1 atom stereocenters. The SMILES string of the molecule is CCC(C)NC(=O)c1ccc(C)nn1. The van der Waals surface area contributed by atoms with Gasteiger partial charge in [-0.05, 0) is 32.4 Å². The second kappa shape index (κ2) is 4.69. The highest BCUT2D eigenvalue weighted by Gasteiger charge is 2.09. The summed E-state index contributed by atoms with van der Waals surface area (Å²) in [5.41, 5.74) is 1.18. The highest BCUT2D eigenvalue weighted by atomic mass is 16.1. The van der Waals surface area contributed by atoms with Crippen LogP contribution in [0.3, 0.4) is 0 Å². The van der Waals surface area contributed by atoms with Gasteiger partial charge in [-0.1, -0.05) is 6.92 Å². The van der Waals surface area contributed by atoms with E-state index in [1.54, 1.807) is 12.1 Å². The Morgan fingerprint density at radius 1 is 1.50 bits per heavy atom. The molecule has 1 N–H and O–H groups in total. The molecule has 1 rings (SSSR count). The average molecular weight is 193 g/mol. The van der Waals surface area contributed by atoms with E-state index in [1.165, 1.54) is 0 Å². The number of aryl methyl sites for hydroxylation is 1. The molecule has 4 heteroatoms. The lowest BCUT2D eigenvalue weighted by atomic mass is 10.2. The van der Waals surface area contributed by atoms with Gasteiger partial charge in [0.1, 0.15) is 0 Å². The molecule has 14 heavy (non-hydrogen) atoms. The molecule has 0 spiro atoms. The monoisotopic (exact) mass is 193 g/mol. The fourth-order valence-corrected chi connectivity index (χ4v) is 0.920. The lowest BCUT2D eigenvalue weighted by Gasteiger charge is -2.10. The summed E-state index contributed by atoms with van der Waals surface area (Å²) in [6, 6.07) is 3.63. The highest BCUT2D eigenvalue weighted by Crippen LogP contribution is 1.97.